The predicted octanol–water partition coefficient (Wildman–Crippen LogP) is 0.515. The van der Waals surface area contributed by atoms with E-state index >= 15 is 0 Å². The molecule has 0 spiro atoms. The number of hydrogen-bond acceptors (Lipinski definition) is 8. The Bertz CT molecular complexity index is 759. The topological polar surface area (TPSA) is 137 Å². The summed E-state index contributed by atoms with van der Waals surface area (Å²) in [7, 11) is 3.29. The molecule has 1 aromatic carbocycles. The lowest BCUT2D eigenvalue weighted by molar-refractivity contribution is -0.163. The summed E-state index contributed by atoms with van der Waals surface area (Å²) in [6, 6.07) is 4.58. The fourth-order valence-corrected chi connectivity index (χ4v) is 2.64. The molecule has 0 aliphatic heterocycles. The molecule has 0 saturated heterocycles. The van der Waals surface area contributed by atoms with Crippen molar-refractivity contribution in [3.8, 4) is 0 Å². The quantitative estimate of drug-likeness (QED) is 0.361. The highest BCUT2D eigenvalue weighted by atomic mass is 16.5. The molecule has 0 aliphatic rings. The van der Waals surface area contributed by atoms with E-state index in [4.69, 9.17) is 4.74 Å². The van der Waals surface area contributed by atoms with E-state index in [1.54, 1.807) is 0 Å². The number of ether oxygens (including phenoxy) is 3. The Morgan fingerprint density at radius 2 is 1.31 bits per heavy atom. The van der Waals surface area contributed by atoms with Crippen LogP contribution < -0.4 is 10.6 Å². The average Bonchev–Trinajstić information content (AvgIpc) is 2.70. The number of nitrogens with one attached hydrogen (secondary N) is 2. The van der Waals surface area contributed by atoms with Crippen LogP contribution in [-0.4, -0.2) is 57.1 Å². The summed E-state index contributed by atoms with van der Waals surface area (Å²) in [5, 5.41) is 5.03. The second-order valence-electron chi connectivity index (χ2n) is 6.12. The molecule has 2 amide bonds. The first-order valence-corrected chi connectivity index (χ1v) is 8.58. The minimum atomic E-state index is -1.45. The molecule has 0 aromatic heterocycles. The predicted molar refractivity (Wildman–Crippen MR) is 101 cm³/mol. The minimum absolute atomic E-state index is 0.188. The number of benzene rings is 1. The van der Waals surface area contributed by atoms with Gasteiger partial charge in [-0.15, -0.1) is 0 Å². The fourth-order valence-electron chi connectivity index (χ4n) is 2.64. The van der Waals surface area contributed by atoms with E-state index in [0.29, 0.717) is 5.69 Å². The third-order valence-electron chi connectivity index (χ3n) is 4.17. The highest BCUT2D eigenvalue weighted by molar-refractivity contribution is 5.99. The molecule has 0 bridgehead atoms. The third-order valence-corrected chi connectivity index (χ3v) is 4.17. The van der Waals surface area contributed by atoms with Crippen LogP contribution in [0.4, 0.5) is 5.69 Å². The average molecular weight is 408 g/mol. The molecule has 1 aromatic rings. The molecule has 1 rings (SSSR count). The van der Waals surface area contributed by atoms with Gasteiger partial charge in [0.15, 0.2) is 5.92 Å². The largest absolute Gasteiger partial charge is 0.468 e. The Hall–Kier alpha value is -3.43. The molecule has 0 unspecified atom stereocenters. The van der Waals surface area contributed by atoms with Gasteiger partial charge in [-0.05, 0) is 24.3 Å². The fraction of sp³-hybridized carbons (Fsp3) is 0.421. The number of rotatable bonds is 8. The van der Waals surface area contributed by atoms with Crippen molar-refractivity contribution in [2.75, 3.05) is 26.6 Å². The van der Waals surface area contributed by atoms with Crippen LogP contribution in [0.25, 0.3) is 0 Å². The molecule has 0 aliphatic carbocycles. The standard InChI is InChI=1S/C19H24N2O8/c1-10(14(17(24)27-3)18(25)28-4)15(19(26)29-5)21-16(23)12-6-8-13(9-7-12)20-11(2)22/h6-10,14-15H,1-5H3,(H,20,22)(H,21,23)/t10-,15-/m1/s1. The summed E-state index contributed by atoms with van der Waals surface area (Å²) in [5.74, 6) is -6.05. The van der Waals surface area contributed by atoms with E-state index in [9.17, 15) is 24.0 Å². The van der Waals surface area contributed by atoms with Crippen molar-refractivity contribution in [2.24, 2.45) is 11.8 Å². The summed E-state index contributed by atoms with van der Waals surface area (Å²) in [5.41, 5.74) is 0.677. The summed E-state index contributed by atoms with van der Waals surface area (Å²) < 4.78 is 13.9. The Morgan fingerprint density at radius 3 is 1.72 bits per heavy atom. The van der Waals surface area contributed by atoms with Crippen molar-refractivity contribution in [1.82, 2.24) is 5.32 Å². The molecule has 0 heterocycles. The van der Waals surface area contributed by atoms with Crippen LogP contribution in [0, 0.1) is 11.8 Å². The van der Waals surface area contributed by atoms with Crippen molar-refractivity contribution in [3.63, 3.8) is 0 Å². The van der Waals surface area contributed by atoms with Gasteiger partial charge in [-0.1, -0.05) is 6.92 Å². The molecule has 0 saturated carbocycles. The maximum Gasteiger partial charge on any atom is 0.328 e. The molecule has 10 heteroatoms. The van der Waals surface area contributed by atoms with Gasteiger partial charge in [0.1, 0.15) is 6.04 Å². The first-order chi connectivity index (χ1) is 13.7. The maximum atomic E-state index is 12.6. The van der Waals surface area contributed by atoms with Gasteiger partial charge in [0.05, 0.1) is 21.3 Å². The number of methoxy groups -OCH3 is 3. The van der Waals surface area contributed by atoms with E-state index in [1.165, 1.54) is 38.1 Å². The monoisotopic (exact) mass is 408 g/mol. The van der Waals surface area contributed by atoms with Crippen molar-refractivity contribution in [2.45, 2.75) is 19.9 Å². The molecule has 0 fully saturated rings. The van der Waals surface area contributed by atoms with Gasteiger partial charge in [0, 0.05) is 24.1 Å². The van der Waals surface area contributed by atoms with Crippen molar-refractivity contribution in [3.05, 3.63) is 29.8 Å². The SMILES string of the molecule is COC(=O)C(C(=O)OC)[C@@H](C)[C@@H](NC(=O)c1ccc(NC(C)=O)cc1)C(=O)OC. The zero-order valence-corrected chi connectivity index (χ0v) is 16.8. The second kappa shape index (κ2) is 10.8. The van der Waals surface area contributed by atoms with Crippen LogP contribution in [0.15, 0.2) is 24.3 Å². The molecule has 2 atom stereocenters. The zero-order valence-electron chi connectivity index (χ0n) is 16.8. The Labute approximate surface area is 167 Å². The zero-order chi connectivity index (χ0) is 22.1. The molecular weight excluding hydrogens is 384 g/mol. The van der Waals surface area contributed by atoms with Crippen LogP contribution in [0.3, 0.4) is 0 Å². The van der Waals surface area contributed by atoms with E-state index in [2.05, 4.69) is 20.1 Å². The van der Waals surface area contributed by atoms with Crippen LogP contribution >= 0.6 is 0 Å². The normalized spacial score (nSPS) is 12.3. The van der Waals surface area contributed by atoms with E-state index in [0.717, 1.165) is 21.3 Å². The van der Waals surface area contributed by atoms with E-state index in [1.807, 2.05) is 0 Å². The third kappa shape index (κ3) is 6.30. The van der Waals surface area contributed by atoms with Gasteiger partial charge in [-0.3, -0.25) is 19.2 Å². The summed E-state index contributed by atoms with van der Waals surface area (Å²) in [6.45, 7) is 2.77. The van der Waals surface area contributed by atoms with Gasteiger partial charge >= 0.3 is 17.9 Å². The summed E-state index contributed by atoms with van der Waals surface area (Å²) in [6.07, 6.45) is 0. The highest BCUT2D eigenvalue weighted by Crippen LogP contribution is 2.21. The van der Waals surface area contributed by atoms with Gasteiger partial charge in [0.25, 0.3) is 5.91 Å². The molecular formula is C19H24N2O8. The number of hydrogen-bond donors (Lipinski definition) is 2. The molecule has 29 heavy (non-hydrogen) atoms. The maximum absolute atomic E-state index is 12.6. The summed E-state index contributed by atoms with van der Waals surface area (Å²) >= 11 is 0. The highest BCUT2D eigenvalue weighted by Gasteiger charge is 2.42. The smallest absolute Gasteiger partial charge is 0.328 e. The number of anilines is 1. The van der Waals surface area contributed by atoms with E-state index < -0.39 is 41.7 Å². The number of esters is 3. The van der Waals surface area contributed by atoms with Crippen LogP contribution in [-0.2, 0) is 33.4 Å². The minimum Gasteiger partial charge on any atom is -0.468 e. The Balaban J connectivity index is 3.10. The van der Waals surface area contributed by atoms with Gasteiger partial charge in [0.2, 0.25) is 5.91 Å². The molecule has 158 valence electrons. The Kier molecular flexibility index (Phi) is 8.78. The second-order valence-corrected chi connectivity index (χ2v) is 6.12. The van der Waals surface area contributed by atoms with Crippen molar-refractivity contribution >= 4 is 35.4 Å². The van der Waals surface area contributed by atoms with Crippen molar-refractivity contribution < 1.29 is 38.2 Å². The lowest BCUT2D eigenvalue weighted by atomic mass is 9.87. The molecule has 10 nitrogen and oxygen atoms in total. The van der Waals surface area contributed by atoms with Crippen LogP contribution in [0.1, 0.15) is 24.2 Å². The molecule has 2 N–H and O–H groups in total. The lowest BCUT2D eigenvalue weighted by Gasteiger charge is -2.27. The van der Waals surface area contributed by atoms with Gasteiger partial charge in [-0.2, -0.15) is 0 Å². The number of amides is 2. The van der Waals surface area contributed by atoms with E-state index in [-0.39, 0.29) is 11.5 Å². The Morgan fingerprint density at radius 1 is 0.828 bits per heavy atom. The van der Waals surface area contributed by atoms with Gasteiger partial charge < -0.3 is 24.8 Å². The molecule has 0 radical (unpaired) electrons. The number of carbonyl (C=O) groups excluding carboxylic acids is 5. The number of carbonyl (C=O) groups is 5. The van der Waals surface area contributed by atoms with Gasteiger partial charge in [-0.25, -0.2) is 4.79 Å². The van der Waals surface area contributed by atoms with Crippen LogP contribution in [0.5, 0.6) is 0 Å². The van der Waals surface area contributed by atoms with Crippen LogP contribution in [0.2, 0.25) is 0 Å². The first kappa shape index (κ1) is 23.6. The van der Waals surface area contributed by atoms with Crippen molar-refractivity contribution in [1.29, 1.82) is 0 Å². The summed E-state index contributed by atoms with van der Waals surface area (Å²) in [4.78, 5) is 59.9. The first-order valence-electron chi connectivity index (χ1n) is 8.58. The lowest BCUT2D eigenvalue weighted by Crippen LogP contribution is -2.51.